The fourth-order valence-electron chi connectivity index (χ4n) is 2.99. The van der Waals surface area contributed by atoms with E-state index in [0.29, 0.717) is 13.2 Å². The van der Waals surface area contributed by atoms with Gasteiger partial charge in [-0.1, -0.05) is 48.5 Å². The third-order valence-corrected chi connectivity index (χ3v) is 4.22. The Balaban J connectivity index is 1.49. The van der Waals surface area contributed by atoms with Crippen LogP contribution < -0.4 is 0 Å². The van der Waals surface area contributed by atoms with Crippen molar-refractivity contribution in [1.82, 2.24) is 25.1 Å². The maximum Gasteiger partial charge on any atom is 0.170 e. The predicted molar refractivity (Wildman–Crippen MR) is 89.6 cm³/mol. The normalized spacial score (nSPS) is 18.6. The summed E-state index contributed by atoms with van der Waals surface area (Å²) in [5, 5.41) is 12.2. The summed E-state index contributed by atoms with van der Waals surface area (Å²) in [6.07, 6.45) is 0.0982. The summed E-state index contributed by atoms with van der Waals surface area (Å²) in [5.74, 6) is 0.843. The first-order valence-electron chi connectivity index (χ1n) is 8.12. The van der Waals surface area contributed by atoms with E-state index >= 15 is 0 Å². The summed E-state index contributed by atoms with van der Waals surface area (Å²) >= 11 is 0. The fraction of sp³-hybridized carbons (Fsp3) is 0.278. The van der Waals surface area contributed by atoms with Crippen molar-refractivity contribution in [2.75, 3.05) is 19.7 Å². The molecule has 0 spiro atoms. The van der Waals surface area contributed by atoms with Gasteiger partial charge in [-0.25, -0.2) is 0 Å². The molecular weight excluding hydrogens is 302 g/mol. The second-order valence-electron chi connectivity index (χ2n) is 5.85. The molecule has 1 fully saturated rings. The van der Waals surface area contributed by atoms with Gasteiger partial charge in [0, 0.05) is 13.1 Å². The number of ether oxygens (including phenoxy) is 1. The summed E-state index contributed by atoms with van der Waals surface area (Å²) < 4.78 is 7.73. The smallest absolute Gasteiger partial charge is 0.170 e. The summed E-state index contributed by atoms with van der Waals surface area (Å²) in [6, 6.07) is 20.3. The van der Waals surface area contributed by atoms with Gasteiger partial charge in [-0.05, 0) is 28.1 Å². The summed E-state index contributed by atoms with van der Waals surface area (Å²) in [7, 11) is 0. The number of tetrazole rings is 1. The zero-order valence-corrected chi connectivity index (χ0v) is 13.3. The van der Waals surface area contributed by atoms with Gasteiger partial charge < -0.3 is 4.74 Å². The number of para-hydroxylation sites is 1. The molecule has 1 atom stereocenters. The van der Waals surface area contributed by atoms with Gasteiger partial charge in [0.1, 0.15) is 0 Å². The minimum absolute atomic E-state index is 0.0982. The molecule has 0 bridgehead atoms. The minimum atomic E-state index is 0.0982. The molecule has 0 radical (unpaired) electrons. The van der Waals surface area contributed by atoms with Crippen LogP contribution in [0.4, 0.5) is 0 Å². The number of aromatic nitrogens is 4. The van der Waals surface area contributed by atoms with Crippen molar-refractivity contribution in [3.05, 3.63) is 72.1 Å². The second kappa shape index (κ2) is 6.90. The zero-order chi connectivity index (χ0) is 16.2. The molecule has 0 N–H and O–H groups in total. The Morgan fingerprint density at radius 2 is 1.75 bits per heavy atom. The SMILES string of the molecule is c1ccc([C@@H]2CN(Cc3nnnn3-c3ccccc3)CCO2)cc1. The lowest BCUT2D eigenvalue weighted by Crippen LogP contribution is -2.38. The van der Waals surface area contributed by atoms with E-state index in [2.05, 4.69) is 32.6 Å². The average molecular weight is 321 g/mol. The number of nitrogens with zero attached hydrogens (tertiary/aromatic N) is 5. The molecular formula is C18H19N5O. The van der Waals surface area contributed by atoms with Gasteiger partial charge in [0.25, 0.3) is 0 Å². The van der Waals surface area contributed by atoms with Crippen LogP contribution in [0.5, 0.6) is 0 Å². The molecule has 4 rings (SSSR count). The van der Waals surface area contributed by atoms with Crippen LogP contribution in [-0.4, -0.2) is 44.8 Å². The van der Waals surface area contributed by atoms with E-state index in [1.54, 1.807) is 4.68 Å². The Morgan fingerprint density at radius 1 is 1.00 bits per heavy atom. The highest BCUT2D eigenvalue weighted by Gasteiger charge is 2.23. The van der Waals surface area contributed by atoms with E-state index in [0.717, 1.165) is 24.6 Å². The number of hydrogen-bond acceptors (Lipinski definition) is 5. The van der Waals surface area contributed by atoms with Gasteiger partial charge in [-0.3, -0.25) is 4.90 Å². The lowest BCUT2D eigenvalue weighted by Gasteiger charge is -2.32. The van der Waals surface area contributed by atoms with Crippen LogP contribution in [0.3, 0.4) is 0 Å². The van der Waals surface area contributed by atoms with Crippen molar-refractivity contribution in [3.63, 3.8) is 0 Å². The summed E-state index contributed by atoms with van der Waals surface area (Å²) in [4.78, 5) is 2.34. The summed E-state index contributed by atoms with van der Waals surface area (Å²) in [6.45, 7) is 3.14. The Bertz CT molecular complexity index is 774. The maximum absolute atomic E-state index is 5.93. The van der Waals surface area contributed by atoms with Crippen molar-refractivity contribution in [2.45, 2.75) is 12.6 Å². The van der Waals surface area contributed by atoms with Crippen LogP contribution in [0.2, 0.25) is 0 Å². The van der Waals surface area contributed by atoms with Gasteiger partial charge in [-0.2, -0.15) is 4.68 Å². The first kappa shape index (κ1) is 15.0. The van der Waals surface area contributed by atoms with Crippen LogP contribution >= 0.6 is 0 Å². The van der Waals surface area contributed by atoms with Gasteiger partial charge >= 0.3 is 0 Å². The molecule has 0 aliphatic carbocycles. The molecule has 1 saturated heterocycles. The van der Waals surface area contributed by atoms with Crippen molar-refractivity contribution in [3.8, 4) is 5.69 Å². The molecule has 0 amide bonds. The number of hydrogen-bond donors (Lipinski definition) is 0. The highest BCUT2D eigenvalue weighted by molar-refractivity contribution is 5.30. The molecule has 6 heteroatoms. The van der Waals surface area contributed by atoms with Crippen LogP contribution in [0.1, 0.15) is 17.5 Å². The quantitative estimate of drug-likeness (QED) is 0.737. The first-order chi connectivity index (χ1) is 11.9. The largest absolute Gasteiger partial charge is 0.371 e. The summed E-state index contributed by atoms with van der Waals surface area (Å²) in [5.41, 5.74) is 2.19. The van der Waals surface area contributed by atoms with Gasteiger partial charge in [0.2, 0.25) is 0 Å². The fourth-order valence-corrected chi connectivity index (χ4v) is 2.99. The molecule has 1 aromatic heterocycles. The van der Waals surface area contributed by atoms with Crippen LogP contribution in [0.15, 0.2) is 60.7 Å². The van der Waals surface area contributed by atoms with Crippen molar-refractivity contribution < 1.29 is 4.74 Å². The van der Waals surface area contributed by atoms with Crippen molar-refractivity contribution >= 4 is 0 Å². The van der Waals surface area contributed by atoms with Crippen molar-refractivity contribution in [1.29, 1.82) is 0 Å². The number of benzene rings is 2. The maximum atomic E-state index is 5.93. The van der Waals surface area contributed by atoms with E-state index < -0.39 is 0 Å². The molecule has 3 aromatic rings. The van der Waals surface area contributed by atoms with Gasteiger partial charge in [0.05, 0.1) is 24.9 Å². The Kier molecular flexibility index (Phi) is 4.31. The molecule has 2 aromatic carbocycles. The number of morpholine rings is 1. The van der Waals surface area contributed by atoms with E-state index in [4.69, 9.17) is 4.74 Å². The van der Waals surface area contributed by atoms with Gasteiger partial charge in [-0.15, -0.1) is 5.10 Å². The lowest BCUT2D eigenvalue weighted by molar-refractivity contribution is -0.0338. The molecule has 122 valence electrons. The van der Waals surface area contributed by atoms with E-state index in [1.807, 2.05) is 48.5 Å². The highest BCUT2D eigenvalue weighted by Crippen LogP contribution is 2.23. The molecule has 2 heterocycles. The van der Waals surface area contributed by atoms with Gasteiger partial charge in [0.15, 0.2) is 5.82 Å². The Morgan fingerprint density at radius 3 is 2.54 bits per heavy atom. The third-order valence-electron chi connectivity index (χ3n) is 4.22. The van der Waals surface area contributed by atoms with E-state index in [9.17, 15) is 0 Å². The molecule has 0 saturated carbocycles. The Labute approximate surface area is 140 Å². The first-order valence-corrected chi connectivity index (χ1v) is 8.12. The van der Waals surface area contributed by atoms with Crippen LogP contribution in [0.25, 0.3) is 5.69 Å². The third kappa shape index (κ3) is 3.20. The zero-order valence-electron chi connectivity index (χ0n) is 13.3. The highest BCUT2D eigenvalue weighted by atomic mass is 16.5. The van der Waals surface area contributed by atoms with Crippen LogP contribution in [0, 0.1) is 0 Å². The molecule has 0 unspecified atom stereocenters. The number of rotatable bonds is 4. The molecule has 1 aliphatic rings. The molecule has 1 aliphatic heterocycles. The minimum Gasteiger partial charge on any atom is -0.371 e. The standard InChI is InChI=1S/C18H19N5O/c1-3-7-15(8-4-1)17-13-22(11-12-24-17)14-18-19-20-21-23(18)16-9-5-2-6-10-16/h1-10,17H,11-14H2/t17-/m0/s1. The topological polar surface area (TPSA) is 56.1 Å². The monoisotopic (exact) mass is 321 g/mol. The van der Waals surface area contributed by atoms with E-state index in [1.165, 1.54) is 5.56 Å². The predicted octanol–water partition coefficient (Wildman–Crippen LogP) is 2.24. The molecule has 24 heavy (non-hydrogen) atoms. The lowest BCUT2D eigenvalue weighted by atomic mass is 10.1. The molecule has 6 nitrogen and oxygen atoms in total. The van der Waals surface area contributed by atoms with Crippen LogP contribution in [-0.2, 0) is 11.3 Å². The Hall–Kier alpha value is -2.57. The average Bonchev–Trinajstić information content (AvgIpc) is 3.11. The van der Waals surface area contributed by atoms with E-state index in [-0.39, 0.29) is 6.10 Å². The van der Waals surface area contributed by atoms with Crippen molar-refractivity contribution in [2.24, 2.45) is 0 Å². The second-order valence-corrected chi connectivity index (χ2v) is 5.85.